The van der Waals surface area contributed by atoms with Crippen molar-refractivity contribution in [1.82, 2.24) is 10.2 Å². The predicted molar refractivity (Wildman–Crippen MR) is 133 cm³/mol. The minimum absolute atomic E-state index is 0.0306. The van der Waals surface area contributed by atoms with Crippen LogP contribution in [0.25, 0.3) is 0 Å². The van der Waals surface area contributed by atoms with E-state index >= 15 is 0 Å². The number of nitrogens with two attached hydrogens (primary N) is 1. The average Bonchev–Trinajstić information content (AvgIpc) is 2.88. The zero-order valence-corrected chi connectivity index (χ0v) is 21.0. The van der Waals surface area contributed by atoms with Gasteiger partial charge in [-0.3, -0.25) is 14.9 Å². The number of alkyl halides is 3. The van der Waals surface area contributed by atoms with E-state index in [1.807, 2.05) is 0 Å². The number of likely N-dealkylation sites (tertiary alicyclic amines) is 1. The summed E-state index contributed by atoms with van der Waals surface area (Å²) in [6.07, 6.45) is -5.02. The molecule has 38 heavy (non-hydrogen) atoms. The third-order valence-electron chi connectivity index (χ3n) is 6.20. The van der Waals surface area contributed by atoms with Crippen molar-refractivity contribution < 1.29 is 37.4 Å². The Hall–Kier alpha value is -3.35. The second-order valence-electron chi connectivity index (χ2n) is 8.99. The molecule has 5 N–H and O–H groups in total. The highest BCUT2D eigenvalue weighted by molar-refractivity contribution is 6.31. The number of ether oxygens (including phenoxy) is 1. The van der Waals surface area contributed by atoms with Crippen LogP contribution in [0.3, 0.4) is 0 Å². The molecule has 0 bridgehead atoms. The molecule has 1 aliphatic heterocycles. The number of benzene rings is 2. The molecule has 3 rings (SSSR count). The number of halogens is 4. The van der Waals surface area contributed by atoms with E-state index in [9.17, 15) is 32.7 Å². The van der Waals surface area contributed by atoms with Crippen LogP contribution in [0.4, 0.5) is 23.7 Å². The Morgan fingerprint density at radius 1 is 1.11 bits per heavy atom. The molecule has 206 valence electrons. The number of nitrogens with zero attached hydrogens (tertiary/aromatic N) is 1. The summed E-state index contributed by atoms with van der Waals surface area (Å²) in [5.74, 6) is -0.818. The number of anilines is 1. The monoisotopic (exact) mass is 556 g/mol. The van der Waals surface area contributed by atoms with Gasteiger partial charge in [0, 0.05) is 23.8 Å². The fourth-order valence-electron chi connectivity index (χ4n) is 4.03. The number of nitrogens with one attached hydrogen (secondary N) is 2. The van der Waals surface area contributed by atoms with Gasteiger partial charge in [0.05, 0.1) is 24.1 Å². The first-order valence-electron chi connectivity index (χ1n) is 11.7. The third-order valence-corrected chi connectivity index (χ3v) is 6.57. The molecule has 2 aromatic carbocycles. The largest absolute Gasteiger partial charge is 0.447 e. The molecular weight excluding hydrogens is 529 g/mol. The van der Waals surface area contributed by atoms with E-state index in [1.165, 1.54) is 4.90 Å². The summed E-state index contributed by atoms with van der Waals surface area (Å²) in [4.78, 5) is 39.1. The van der Waals surface area contributed by atoms with Crippen LogP contribution in [0.1, 0.15) is 24.0 Å². The van der Waals surface area contributed by atoms with Crippen LogP contribution in [0.2, 0.25) is 5.02 Å². The maximum atomic E-state index is 12.9. The number of carbonyl (C=O) groups excluding carboxylic acids is 3. The van der Waals surface area contributed by atoms with E-state index in [-0.39, 0.29) is 50.6 Å². The standard InChI is InChI=1S/C25H28ClF3N4O5/c26-19-4-2-1-3-16(19)13-21(35)32-24(9-11-33(12-10-24)22(36)20(30)14-34)15-38-23(37)31-18-7-5-17(6-8-18)25(27,28)29/h1-8,20,34H,9-15,30H2,(H,31,37)(H,32,35)/t20-/m0/s1. The van der Waals surface area contributed by atoms with Gasteiger partial charge in [0.2, 0.25) is 11.8 Å². The van der Waals surface area contributed by atoms with Crippen molar-refractivity contribution in [2.45, 2.75) is 37.0 Å². The molecule has 0 saturated carbocycles. The van der Waals surface area contributed by atoms with Crippen molar-refractivity contribution in [3.05, 3.63) is 64.7 Å². The van der Waals surface area contributed by atoms with E-state index in [2.05, 4.69) is 10.6 Å². The third kappa shape index (κ3) is 7.83. The van der Waals surface area contributed by atoms with Crippen LogP contribution in [-0.2, 0) is 26.9 Å². The second kappa shape index (κ2) is 12.5. The SMILES string of the molecule is N[C@@H](CO)C(=O)N1CCC(COC(=O)Nc2ccc(C(F)(F)F)cc2)(NC(=O)Cc2ccccc2Cl)CC1. The predicted octanol–water partition coefficient (Wildman–Crippen LogP) is 2.95. The quantitative estimate of drug-likeness (QED) is 0.395. The van der Waals surface area contributed by atoms with Gasteiger partial charge in [-0.1, -0.05) is 29.8 Å². The van der Waals surface area contributed by atoms with Crippen LogP contribution >= 0.6 is 11.6 Å². The summed E-state index contributed by atoms with van der Waals surface area (Å²) >= 11 is 6.16. The normalized spacial score (nSPS) is 15.9. The number of aliphatic hydroxyl groups is 1. The molecule has 3 amide bonds. The summed E-state index contributed by atoms with van der Waals surface area (Å²) in [5.41, 5.74) is 4.44. The van der Waals surface area contributed by atoms with E-state index in [1.54, 1.807) is 24.3 Å². The number of hydrogen-bond donors (Lipinski definition) is 4. The lowest BCUT2D eigenvalue weighted by molar-refractivity contribution is -0.138. The fraction of sp³-hybridized carbons (Fsp3) is 0.400. The Labute approximate surface area is 222 Å². The molecule has 0 aromatic heterocycles. The molecule has 0 radical (unpaired) electrons. The number of carbonyl (C=O) groups is 3. The number of piperidine rings is 1. The Kier molecular flexibility index (Phi) is 9.58. The molecular formula is C25H28ClF3N4O5. The molecule has 1 fully saturated rings. The zero-order valence-electron chi connectivity index (χ0n) is 20.3. The Balaban J connectivity index is 1.67. The van der Waals surface area contributed by atoms with Crippen LogP contribution in [0, 0.1) is 0 Å². The topological polar surface area (TPSA) is 134 Å². The summed E-state index contributed by atoms with van der Waals surface area (Å²) in [5, 5.41) is 14.9. The van der Waals surface area contributed by atoms with Crippen LogP contribution in [-0.4, -0.2) is 65.8 Å². The Morgan fingerprint density at radius 3 is 2.32 bits per heavy atom. The molecule has 0 spiro atoms. The molecule has 1 heterocycles. The van der Waals surface area contributed by atoms with Gasteiger partial charge in [0.1, 0.15) is 12.6 Å². The first-order valence-corrected chi connectivity index (χ1v) is 12.1. The van der Waals surface area contributed by atoms with Crippen molar-refractivity contribution in [1.29, 1.82) is 0 Å². The van der Waals surface area contributed by atoms with Gasteiger partial charge in [-0.15, -0.1) is 0 Å². The van der Waals surface area contributed by atoms with E-state index in [4.69, 9.17) is 22.1 Å². The lowest BCUT2D eigenvalue weighted by Gasteiger charge is -2.42. The lowest BCUT2D eigenvalue weighted by atomic mass is 9.87. The van der Waals surface area contributed by atoms with Crippen LogP contribution in [0.5, 0.6) is 0 Å². The zero-order chi connectivity index (χ0) is 27.9. The molecule has 1 saturated heterocycles. The number of rotatable bonds is 8. The van der Waals surface area contributed by atoms with E-state index in [0.29, 0.717) is 10.6 Å². The Bertz CT molecular complexity index is 1140. The Morgan fingerprint density at radius 2 is 1.74 bits per heavy atom. The summed E-state index contributed by atoms with van der Waals surface area (Å²) < 4.78 is 43.6. The number of aliphatic hydroxyl groups excluding tert-OH is 1. The fourth-order valence-corrected chi connectivity index (χ4v) is 4.23. The highest BCUT2D eigenvalue weighted by Crippen LogP contribution is 2.30. The second-order valence-corrected chi connectivity index (χ2v) is 9.39. The molecule has 13 heteroatoms. The van der Waals surface area contributed by atoms with Crippen molar-refractivity contribution in [3.8, 4) is 0 Å². The molecule has 0 aliphatic carbocycles. The molecule has 1 atom stereocenters. The maximum Gasteiger partial charge on any atom is 0.416 e. The van der Waals surface area contributed by atoms with Crippen LogP contribution < -0.4 is 16.4 Å². The number of amides is 3. The van der Waals surface area contributed by atoms with Gasteiger partial charge in [0.15, 0.2) is 0 Å². The molecule has 1 aliphatic rings. The minimum Gasteiger partial charge on any atom is -0.447 e. The molecule has 0 unspecified atom stereocenters. The van der Waals surface area contributed by atoms with Gasteiger partial charge >= 0.3 is 12.3 Å². The minimum atomic E-state index is -4.51. The van der Waals surface area contributed by atoms with Crippen molar-refractivity contribution in [3.63, 3.8) is 0 Å². The average molecular weight is 557 g/mol. The summed E-state index contributed by atoms with van der Waals surface area (Å²) in [6, 6.07) is 9.63. The van der Waals surface area contributed by atoms with E-state index in [0.717, 1.165) is 24.3 Å². The first kappa shape index (κ1) is 29.2. The van der Waals surface area contributed by atoms with Gasteiger partial charge in [0.25, 0.3) is 0 Å². The van der Waals surface area contributed by atoms with Gasteiger partial charge in [-0.2, -0.15) is 13.2 Å². The lowest BCUT2D eigenvalue weighted by Crippen LogP contribution is -2.60. The van der Waals surface area contributed by atoms with Gasteiger partial charge < -0.3 is 25.8 Å². The van der Waals surface area contributed by atoms with Gasteiger partial charge in [-0.25, -0.2) is 4.79 Å². The molecule has 2 aromatic rings. The van der Waals surface area contributed by atoms with E-state index < -0.39 is 41.9 Å². The smallest absolute Gasteiger partial charge is 0.416 e. The summed E-state index contributed by atoms with van der Waals surface area (Å²) in [7, 11) is 0. The summed E-state index contributed by atoms with van der Waals surface area (Å²) in [6.45, 7) is -0.407. The van der Waals surface area contributed by atoms with Crippen molar-refractivity contribution >= 4 is 35.2 Å². The number of hydrogen-bond acceptors (Lipinski definition) is 6. The molecule has 9 nitrogen and oxygen atoms in total. The highest BCUT2D eigenvalue weighted by Gasteiger charge is 2.39. The maximum absolute atomic E-state index is 12.9. The van der Waals surface area contributed by atoms with Crippen molar-refractivity contribution in [2.75, 3.05) is 31.6 Å². The van der Waals surface area contributed by atoms with Crippen LogP contribution in [0.15, 0.2) is 48.5 Å². The van der Waals surface area contributed by atoms with Crippen molar-refractivity contribution in [2.24, 2.45) is 5.73 Å². The first-order chi connectivity index (χ1) is 17.9. The van der Waals surface area contributed by atoms with Gasteiger partial charge in [-0.05, 0) is 48.7 Å². The highest BCUT2D eigenvalue weighted by atomic mass is 35.5.